The number of aliphatic hydroxyl groups is 1. The number of nitrogens with one attached hydrogen (secondary N) is 1. The van der Waals surface area contributed by atoms with Gasteiger partial charge in [-0.1, -0.05) is 0 Å². The first-order valence-corrected chi connectivity index (χ1v) is 6.97. The van der Waals surface area contributed by atoms with E-state index in [4.69, 9.17) is 4.74 Å². The van der Waals surface area contributed by atoms with E-state index in [1.165, 1.54) is 0 Å². The zero-order valence-electron chi connectivity index (χ0n) is 12.3. The summed E-state index contributed by atoms with van der Waals surface area (Å²) in [5.41, 5.74) is 2.01. The van der Waals surface area contributed by atoms with Crippen LogP contribution in [0.15, 0.2) is 6.20 Å². The SMILES string of the molecule is CO[C@@H]1C[C@H](C(=O)N(C)Cc2cn[nH]c2C)CC[C@@H]1O. The Kier molecular flexibility index (Phi) is 4.77. The monoisotopic (exact) mass is 281 g/mol. The lowest BCUT2D eigenvalue weighted by atomic mass is 9.84. The van der Waals surface area contributed by atoms with Gasteiger partial charge in [0, 0.05) is 37.9 Å². The fraction of sp³-hybridized carbons (Fsp3) is 0.714. The largest absolute Gasteiger partial charge is 0.390 e. The number of aromatic amines is 1. The summed E-state index contributed by atoms with van der Waals surface area (Å²) in [6.07, 6.45) is 2.99. The lowest BCUT2D eigenvalue weighted by molar-refractivity contribution is -0.140. The Bertz CT molecular complexity index is 460. The van der Waals surface area contributed by atoms with Crippen molar-refractivity contribution in [2.45, 2.75) is 44.9 Å². The second-order valence-electron chi connectivity index (χ2n) is 5.57. The summed E-state index contributed by atoms with van der Waals surface area (Å²) in [6, 6.07) is 0. The number of carbonyl (C=O) groups is 1. The van der Waals surface area contributed by atoms with Gasteiger partial charge in [-0.2, -0.15) is 5.10 Å². The number of H-pyrrole nitrogens is 1. The first-order valence-electron chi connectivity index (χ1n) is 6.97. The maximum Gasteiger partial charge on any atom is 0.225 e. The zero-order valence-corrected chi connectivity index (χ0v) is 12.3. The minimum Gasteiger partial charge on any atom is -0.390 e. The van der Waals surface area contributed by atoms with Crippen LogP contribution in [0.4, 0.5) is 0 Å². The molecule has 0 unspecified atom stereocenters. The molecule has 0 spiro atoms. The van der Waals surface area contributed by atoms with E-state index in [2.05, 4.69) is 10.2 Å². The van der Waals surface area contributed by atoms with Crippen molar-refractivity contribution < 1.29 is 14.6 Å². The molecule has 6 heteroatoms. The van der Waals surface area contributed by atoms with Gasteiger partial charge in [0.25, 0.3) is 0 Å². The van der Waals surface area contributed by atoms with Gasteiger partial charge in [-0.15, -0.1) is 0 Å². The molecule has 20 heavy (non-hydrogen) atoms. The summed E-state index contributed by atoms with van der Waals surface area (Å²) in [4.78, 5) is 14.2. The lowest BCUT2D eigenvalue weighted by Gasteiger charge is -2.33. The Balaban J connectivity index is 1.95. The molecule has 0 saturated heterocycles. The molecule has 1 fully saturated rings. The smallest absolute Gasteiger partial charge is 0.225 e. The number of aromatic nitrogens is 2. The minimum atomic E-state index is -0.453. The van der Waals surface area contributed by atoms with Crippen LogP contribution in [0, 0.1) is 12.8 Å². The average Bonchev–Trinajstić information content (AvgIpc) is 2.84. The highest BCUT2D eigenvalue weighted by Crippen LogP contribution is 2.28. The van der Waals surface area contributed by atoms with E-state index in [-0.39, 0.29) is 17.9 Å². The molecule has 2 rings (SSSR count). The van der Waals surface area contributed by atoms with Gasteiger partial charge in [0.2, 0.25) is 5.91 Å². The summed E-state index contributed by atoms with van der Waals surface area (Å²) < 4.78 is 5.25. The molecule has 1 aromatic rings. The normalized spacial score (nSPS) is 26.5. The van der Waals surface area contributed by atoms with Crippen molar-refractivity contribution >= 4 is 5.91 Å². The molecule has 1 aliphatic carbocycles. The minimum absolute atomic E-state index is 0.0689. The molecule has 1 amide bonds. The fourth-order valence-electron chi connectivity index (χ4n) is 2.77. The van der Waals surface area contributed by atoms with Crippen LogP contribution >= 0.6 is 0 Å². The maximum atomic E-state index is 12.5. The first kappa shape index (κ1) is 15.0. The van der Waals surface area contributed by atoms with Crippen LogP contribution in [0.2, 0.25) is 0 Å². The molecule has 2 N–H and O–H groups in total. The molecule has 1 aliphatic rings. The second-order valence-corrected chi connectivity index (χ2v) is 5.57. The van der Waals surface area contributed by atoms with Gasteiger partial charge in [-0.25, -0.2) is 0 Å². The third kappa shape index (κ3) is 3.19. The molecule has 0 bridgehead atoms. The molecule has 1 aromatic heterocycles. The molecular weight excluding hydrogens is 258 g/mol. The summed E-state index contributed by atoms with van der Waals surface area (Å²) in [7, 11) is 3.39. The number of hydrogen-bond donors (Lipinski definition) is 2. The highest BCUT2D eigenvalue weighted by Gasteiger charge is 2.34. The van der Waals surface area contributed by atoms with Crippen molar-refractivity contribution in [2.24, 2.45) is 5.92 Å². The van der Waals surface area contributed by atoms with Crippen LogP contribution in [-0.4, -0.2) is 52.5 Å². The molecule has 0 radical (unpaired) electrons. The number of methoxy groups -OCH3 is 1. The molecule has 0 aromatic carbocycles. The van der Waals surface area contributed by atoms with Crippen LogP contribution in [0.5, 0.6) is 0 Å². The number of aliphatic hydroxyl groups excluding tert-OH is 1. The van der Waals surface area contributed by atoms with E-state index in [9.17, 15) is 9.90 Å². The number of aryl methyl sites for hydroxylation is 1. The Morgan fingerprint density at radius 3 is 2.95 bits per heavy atom. The lowest BCUT2D eigenvalue weighted by Crippen LogP contribution is -2.42. The number of nitrogens with zero attached hydrogens (tertiary/aromatic N) is 2. The number of amides is 1. The van der Waals surface area contributed by atoms with Gasteiger partial charge in [0.1, 0.15) is 0 Å². The van der Waals surface area contributed by atoms with Crippen molar-refractivity contribution in [1.82, 2.24) is 15.1 Å². The second kappa shape index (κ2) is 6.37. The number of rotatable bonds is 4. The molecule has 0 aliphatic heterocycles. The Hall–Kier alpha value is -1.40. The number of carbonyl (C=O) groups excluding carboxylic acids is 1. The van der Waals surface area contributed by atoms with Crippen LogP contribution in [0.1, 0.15) is 30.5 Å². The Morgan fingerprint density at radius 1 is 1.60 bits per heavy atom. The average molecular weight is 281 g/mol. The topological polar surface area (TPSA) is 78.5 Å². The van der Waals surface area contributed by atoms with Gasteiger partial charge in [-0.3, -0.25) is 9.89 Å². The Morgan fingerprint density at radius 2 is 2.35 bits per heavy atom. The van der Waals surface area contributed by atoms with Gasteiger partial charge in [-0.05, 0) is 26.2 Å². The molecule has 6 nitrogen and oxygen atoms in total. The molecule has 1 heterocycles. The predicted molar refractivity (Wildman–Crippen MR) is 73.9 cm³/mol. The first-order chi connectivity index (χ1) is 9.52. The van der Waals surface area contributed by atoms with Crippen molar-refractivity contribution in [3.05, 3.63) is 17.5 Å². The Labute approximate surface area is 119 Å². The highest BCUT2D eigenvalue weighted by atomic mass is 16.5. The van der Waals surface area contributed by atoms with Crippen molar-refractivity contribution in [1.29, 1.82) is 0 Å². The highest BCUT2D eigenvalue weighted by molar-refractivity contribution is 5.78. The van der Waals surface area contributed by atoms with Crippen LogP contribution < -0.4 is 0 Å². The summed E-state index contributed by atoms with van der Waals surface area (Å²) in [5, 5.41) is 16.6. The number of ether oxygens (including phenoxy) is 1. The molecule has 3 atom stereocenters. The molecule has 112 valence electrons. The standard InChI is InChI=1S/C14H23N3O3/c1-9-11(7-15-16-9)8-17(2)14(19)10-4-5-12(18)13(6-10)20-3/h7,10,12-13,18H,4-6,8H2,1-3H3,(H,15,16)/t10-,12+,13-/m1/s1. The molecular formula is C14H23N3O3. The van der Waals surface area contributed by atoms with E-state index < -0.39 is 6.10 Å². The predicted octanol–water partition coefficient (Wildman–Crippen LogP) is 0.853. The number of hydrogen-bond acceptors (Lipinski definition) is 4. The van der Waals surface area contributed by atoms with E-state index in [0.29, 0.717) is 25.8 Å². The summed E-state index contributed by atoms with van der Waals surface area (Å²) in [5.74, 6) is 0.0418. The molecule has 1 saturated carbocycles. The van der Waals surface area contributed by atoms with E-state index in [0.717, 1.165) is 11.3 Å². The third-order valence-electron chi connectivity index (χ3n) is 4.13. The zero-order chi connectivity index (χ0) is 14.7. The van der Waals surface area contributed by atoms with Gasteiger partial charge >= 0.3 is 0 Å². The van der Waals surface area contributed by atoms with Crippen LogP contribution in [-0.2, 0) is 16.1 Å². The van der Waals surface area contributed by atoms with Crippen LogP contribution in [0.25, 0.3) is 0 Å². The third-order valence-corrected chi connectivity index (χ3v) is 4.13. The maximum absolute atomic E-state index is 12.5. The summed E-state index contributed by atoms with van der Waals surface area (Å²) in [6.45, 7) is 2.50. The van der Waals surface area contributed by atoms with Gasteiger partial charge < -0.3 is 14.7 Å². The van der Waals surface area contributed by atoms with E-state index in [1.807, 2.05) is 14.0 Å². The van der Waals surface area contributed by atoms with Crippen molar-refractivity contribution in [3.8, 4) is 0 Å². The quantitative estimate of drug-likeness (QED) is 0.857. The fourth-order valence-corrected chi connectivity index (χ4v) is 2.77. The van der Waals surface area contributed by atoms with E-state index >= 15 is 0 Å². The van der Waals surface area contributed by atoms with E-state index in [1.54, 1.807) is 18.2 Å². The van der Waals surface area contributed by atoms with Crippen molar-refractivity contribution in [2.75, 3.05) is 14.2 Å². The van der Waals surface area contributed by atoms with Gasteiger partial charge in [0.05, 0.1) is 18.4 Å². The van der Waals surface area contributed by atoms with Crippen LogP contribution in [0.3, 0.4) is 0 Å². The van der Waals surface area contributed by atoms with Gasteiger partial charge in [0.15, 0.2) is 0 Å². The van der Waals surface area contributed by atoms with Crippen molar-refractivity contribution in [3.63, 3.8) is 0 Å². The summed E-state index contributed by atoms with van der Waals surface area (Å²) >= 11 is 0.